The maximum atomic E-state index is 10.8. The van der Waals surface area contributed by atoms with Gasteiger partial charge in [0.25, 0.3) is 0 Å². The van der Waals surface area contributed by atoms with Gasteiger partial charge in [0.1, 0.15) is 5.75 Å². The summed E-state index contributed by atoms with van der Waals surface area (Å²) >= 11 is 4.46. The van der Waals surface area contributed by atoms with Gasteiger partial charge in [0, 0.05) is 11.1 Å². The number of phenolic OH excluding ortho intramolecular Hbond substituents is 1. The van der Waals surface area contributed by atoms with Gasteiger partial charge in [-0.2, -0.15) is 12.6 Å². The number of rotatable bonds is 5. The summed E-state index contributed by atoms with van der Waals surface area (Å²) in [5.74, 6) is 1.67. The first kappa shape index (κ1) is 17.3. The van der Waals surface area contributed by atoms with E-state index in [0.29, 0.717) is 20.2 Å². The lowest BCUT2D eigenvalue weighted by Crippen LogP contribution is -2.13. The average Bonchev–Trinajstić information content (AvgIpc) is 2.61. The average molecular weight is 354 g/mol. The highest BCUT2D eigenvalue weighted by molar-refractivity contribution is 7.79. The Bertz CT molecular complexity index is 779. The van der Waals surface area contributed by atoms with Crippen molar-refractivity contribution in [3.8, 4) is 5.75 Å². The number of thiol groups is 1. The first-order valence-electron chi connectivity index (χ1n) is 8.29. The van der Waals surface area contributed by atoms with E-state index in [1.807, 2.05) is 12.1 Å². The lowest BCUT2D eigenvalue weighted by atomic mass is 9.93. The molecule has 2 atom stereocenters. The van der Waals surface area contributed by atoms with Crippen molar-refractivity contribution in [2.45, 2.75) is 25.5 Å². The highest BCUT2D eigenvalue weighted by Gasteiger charge is 2.14. The number of aromatic hydroxyl groups is 1. The maximum Gasteiger partial charge on any atom is 0.126 e. The maximum absolute atomic E-state index is 10.8. The summed E-state index contributed by atoms with van der Waals surface area (Å²) in [6, 6.07) is 12.5. The van der Waals surface area contributed by atoms with E-state index in [1.54, 1.807) is 0 Å². The molecule has 3 heteroatoms. The molecule has 0 aromatic heterocycles. The number of benzene rings is 2. The fraction of sp³-hybridized carbons (Fsp3) is 0.238. The zero-order chi connectivity index (χ0) is 16.9. The Morgan fingerprint density at radius 1 is 1.12 bits per heavy atom. The van der Waals surface area contributed by atoms with Gasteiger partial charge >= 0.3 is 0 Å². The van der Waals surface area contributed by atoms with E-state index in [0.717, 1.165) is 29.5 Å². The number of aryl methyl sites for hydroxylation is 1. The summed E-state index contributed by atoms with van der Waals surface area (Å²) in [5.41, 5.74) is 3.57. The quantitative estimate of drug-likeness (QED) is 0.601. The Kier molecular flexibility index (Phi) is 5.81. The Hall–Kier alpha value is -1.50. The minimum atomic E-state index is 0.458. The summed E-state index contributed by atoms with van der Waals surface area (Å²) in [6.45, 7) is 2.13. The van der Waals surface area contributed by atoms with Crippen LogP contribution in [0.15, 0.2) is 60.7 Å². The number of allylic oxidation sites excluding steroid dienone is 4. The van der Waals surface area contributed by atoms with Crippen molar-refractivity contribution in [2.24, 2.45) is 5.92 Å². The lowest BCUT2D eigenvalue weighted by Gasteiger charge is -2.17. The molecule has 24 heavy (non-hydrogen) atoms. The number of phenols is 1. The van der Waals surface area contributed by atoms with Crippen LogP contribution in [0.3, 0.4) is 0 Å². The predicted octanol–water partition coefficient (Wildman–Crippen LogP) is 4.43. The van der Waals surface area contributed by atoms with Gasteiger partial charge in [-0.3, -0.25) is 0 Å². The third kappa shape index (κ3) is 3.94. The molecular weight excluding hydrogens is 331 g/mol. The Morgan fingerprint density at radius 3 is 2.67 bits per heavy atom. The molecular formula is C21H23OPS. The molecule has 0 saturated heterocycles. The molecule has 0 aliphatic heterocycles. The first-order chi connectivity index (χ1) is 11.7. The van der Waals surface area contributed by atoms with Gasteiger partial charge in [0.2, 0.25) is 0 Å². The van der Waals surface area contributed by atoms with Crippen molar-refractivity contribution < 1.29 is 5.11 Å². The third-order valence-corrected chi connectivity index (χ3v) is 6.44. The van der Waals surface area contributed by atoms with E-state index in [4.69, 9.17) is 0 Å². The molecule has 0 fully saturated rings. The molecule has 1 N–H and O–H groups in total. The highest BCUT2D eigenvalue weighted by atomic mass is 32.1. The van der Waals surface area contributed by atoms with Crippen LogP contribution in [0.2, 0.25) is 0 Å². The van der Waals surface area contributed by atoms with Crippen molar-refractivity contribution in [3.05, 3.63) is 77.4 Å². The van der Waals surface area contributed by atoms with Crippen LogP contribution in [0, 0.1) is 12.8 Å². The molecule has 2 aromatic carbocycles. The van der Waals surface area contributed by atoms with Gasteiger partial charge in [-0.15, -0.1) is 0 Å². The topological polar surface area (TPSA) is 20.2 Å². The lowest BCUT2D eigenvalue weighted by molar-refractivity contribution is 0.467. The van der Waals surface area contributed by atoms with Crippen molar-refractivity contribution >= 4 is 31.8 Å². The zero-order valence-electron chi connectivity index (χ0n) is 13.9. The molecule has 0 saturated carbocycles. The van der Waals surface area contributed by atoms with Crippen LogP contribution in [0.5, 0.6) is 5.75 Å². The molecule has 0 heterocycles. The number of para-hydroxylation sites is 1. The van der Waals surface area contributed by atoms with Gasteiger partial charge in [0.15, 0.2) is 0 Å². The van der Waals surface area contributed by atoms with Gasteiger partial charge in [0.05, 0.1) is 0 Å². The Labute approximate surface area is 151 Å². The van der Waals surface area contributed by atoms with E-state index in [-0.39, 0.29) is 0 Å². The second-order valence-electron chi connectivity index (χ2n) is 6.22. The summed E-state index contributed by atoms with van der Waals surface area (Å²) in [6.07, 6.45) is 10.5. The van der Waals surface area contributed by atoms with E-state index >= 15 is 0 Å². The molecule has 0 spiro atoms. The van der Waals surface area contributed by atoms with Gasteiger partial charge < -0.3 is 5.11 Å². The zero-order valence-corrected chi connectivity index (χ0v) is 15.8. The molecule has 0 bridgehead atoms. The summed E-state index contributed by atoms with van der Waals surface area (Å²) in [7, 11) is 0.458. The van der Waals surface area contributed by atoms with Crippen LogP contribution < -0.4 is 10.6 Å². The van der Waals surface area contributed by atoms with Crippen molar-refractivity contribution in [1.29, 1.82) is 0 Å². The molecule has 1 aliphatic carbocycles. The molecule has 1 nitrogen and oxygen atoms in total. The fourth-order valence-corrected chi connectivity index (χ4v) is 4.85. The minimum absolute atomic E-state index is 0.458. The fourth-order valence-electron chi connectivity index (χ4n) is 3.10. The summed E-state index contributed by atoms with van der Waals surface area (Å²) in [4.78, 5) is 0. The van der Waals surface area contributed by atoms with Gasteiger partial charge in [-0.05, 0) is 47.7 Å². The van der Waals surface area contributed by atoms with Crippen LogP contribution in [-0.2, 0) is 12.2 Å². The van der Waals surface area contributed by atoms with Crippen LogP contribution in [0.25, 0.3) is 0 Å². The van der Waals surface area contributed by atoms with E-state index < -0.39 is 0 Å². The number of hydrogen-bond acceptors (Lipinski definition) is 2. The molecule has 3 rings (SSSR count). The van der Waals surface area contributed by atoms with Gasteiger partial charge in [-0.1, -0.05) is 69.3 Å². The largest absolute Gasteiger partial charge is 0.507 e. The van der Waals surface area contributed by atoms with E-state index in [2.05, 4.69) is 68.1 Å². The van der Waals surface area contributed by atoms with Crippen LogP contribution in [-0.4, -0.2) is 5.11 Å². The SMILES string of the molecule is Cc1cccc(CS)c1Pc1cccc(CC2C=CC=CC2)c1O. The normalized spacial score (nSPS) is 17.0. The molecule has 0 radical (unpaired) electrons. The standard InChI is InChI=1S/C21H23OPS/c1-15-7-5-11-18(14-24)21(15)23-19-12-6-10-17(20(19)22)13-16-8-3-2-4-9-16/h2-8,10-12,16,22-24H,9,13-14H2,1H3. The highest BCUT2D eigenvalue weighted by Crippen LogP contribution is 2.28. The second-order valence-corrected chi connectivity index (χ2v) is 7.82. The number of hydrogen-bond donors (Lipinski definition) is 2. The second kappa shape index (κ2) is 8.05. The van der Waals surface area contributed by atoms with E-state index in [9.17, 15) is 5.11 Å². The molecule has 2 unspecified atom stereocenters. The van der Waals surface area contributed by atoms with E-state index in [1.165, 1.54) is 16.4 Å². The van der Waals surface area contributed by atoms with Gasteiger partial charge in [-0.25, -0.2) is 0 Å². The summed E-state index contributed by atoms with van der Waals surface area (Å²) < 4.78 is 0. The van der Waals surface area contributed by atoms with Crippen LogP contribution in [0.1, 0.15) is 23.1 Å². The Morgan fingerprint density at radius 2 is 1.92 bits per heavy atom. The molecule has 0 amide bonds. The van der Waals surface area contributed by atoms with Crippen LogP contribution in [0.4, 0.5) is 0 Å². The molecule has 124 valence electrons. The summed E-state index contributed by atoms with van der Waals surface area (Å²) in [5, 5.41) is 13.1. The third-order valence-electron chi connectivity index (χ3n) is 4.46. The van der Waals surface area contributed by atoms with Crippen molar-refractivity contribution in [1.82, 2.24) is 0 Å². The monoisotopic (exact) mass is 354 g/mol. The predicted molar refractivity (Wildman–Crippen MR) is 110 cm³/mol. The Balaban J connectivity index is 1.86. The minimum Gasteiger partial charge on any atom is -0.507 e. The van der Waals surface area contributed by atoms with Crippen molar-refractivity contribution in [3.63, 3.8) is 0 Å². The molecule has 2 aromatic rings. The first-order valence-corrected chi connectivity index (χ1v) is 9.93. The molecule has 1 aliphatic rings. The van der Waals surface area contributed by atoms with Crippen LogP contribution >= 0.6 is 21.2 Å². The van der Waals surface area contributed by atoms with Crippen molar-refractivity contribution in [2.75, 3.05) is 0 Å². The smallest absolute Gasteiger partial charge is 0.126 e.